The smallest absolute Gasteiger partial charge is 0.227 e. The molecule has 0 bridgehead atoms. The van der Waals surface area contributed by atoms with Gasteiger partial charge in [0.25, 0.3) is 0 Å². The molecule has 4 nitrogen and oxygen atoms in total. The molecule has 3 rings (SSSR count). The fourth-order valence-corrected chi connectivity index (χ4v) is 3.42. The first-order chi connectivity index (χ1) is 12.1. The van der Waals surface area contributed by atoms with E-state index < -0.39 is 0 Å². The van der Waals surface area contributed by atoms with Gasteiger partial charge in [0.1, 0.15) is 11.5 Å². The zero-order valence-electron chi connectivity index (χ0n) is 15.1. The van der Waals surface area contributed by atoms with Crippen LogP contribution in [-0.4, -0.2) is 31.1 Å². The van der Waals surface area contributed by atoms with E-state index in [0.29, 0.717) is 13.0 Å². The molecule has 0 saturated heterocycles. The molecular weight excluding hydrogens is 314 g/mol. The molecule has 2 aromatic rings. The topological polar surface area (TPSA) is 38.8 Å². The van der Waals surface area contributed by atoms with Gasteiger partial charge in [0, 0.05) is 6.54 Å². The number of ether oxygens (including phenoxy) is 2. The molecule has 2 aromatic carbocycles. The van der Waals surface area contributed by atoms with Crippen LogP contribution in [0.3, 0.4) is 0 Å². The van der Waals surface area contributed by atoms with Crippen molar-refractivity contribution in [1.82, 2.24) is 4.90 Å². The highest BCUT2D eigenvalue weighted by atomic mass is 16.5. The van der Waals surface area contributed by atoms with Gasteiger partial charge in [0.05, 0.1) is 26.2 Å². The molecule has 0 aromatic heterocycles. The molecular formula is C21H25NO3. The van der Waals surface area contributed by atoms with Gasteiger partial charge in [-0.25, -0.2) is 0 Å². The summed E-state index contributed by atoms with van der Waals surface area (Å²) in [6, 6.07) is 14.0. The van der Waals surface area contributed by atoms with Crippen LogP contribution in [0.5, 0.6) is 11.5 Å². The molecule has 0 radical (unpaired) electrons. The first-order valence-electron chi connectivity index (χ1n) is 8.80. The molecule has 4 heteroatoms. The number of carbonyl (C=O) groups excluding carboxylic acids is 1. The number of hydrogen-bond donors (Lipinski definition) is 0. The van der Waals surface area contributed by atoms with Gasteiger partial charge in [0.2, 0.25) is 5.91 Å². The van der Waals surface area contributed by atoms with Crippen LogP contribution < -0.4 is 9.47 Å². The highest BCUT2D eigenvalue weighted by Gasteiger charge is 2.27. The standard InChI is InChI=1S/C21H25NO3/c1-4-25-18-7-5-16(6-8-18)13-21(23)22-12-11-17-14-19(24-3)9-10-20(17)15(22)2/h5-10,14-15H,4,11-13H2,1-3H3. The van der Waals surface area contributed by atoms with Crippen molar-refractivity contribution in [2.24, 2.45) is 0 Å². The highest BCUT2D eigenvalue weighted by Crippen LogP contribution is 2.32. The van der Waals surface area contributed by atoms with Crippen molar-refractivity contribution in [3.8, 4) is 11.5 Å². The van der Waals surface area contributed by atoms with Gasteiger partial charge in [0.15, 0.2) is 0 Å². The van der Waals surface area contributed by atoms with Crippen LogP contribution in [0.1, 0.15) is 36.6 Å². The quantitative estimate of drug-likeness (QED) is 0.832. The molecule has 1 atom stereocenters. The summed E-state index contributed by atoms with van der Waals surface area (Å²) >= 11 is 0. The lowest BCUT2D eigenvalue weighted by atomic mass is 9.92. The third-order valence-electron chi connectivity index (χ3n) is 4.80. The predicted molar refractivity (Wildman–Crippen MR) is 98.1 cm³/mol. The zero-order chi connectivity index (χ0) is 17.8. The molecule has 25 heavy (non-hydrogen) atoms. The minimum atomic E-state index is 0.0878. The molecule has 0 saturated carbocycles. The van der Waals surface area contributed by atoms with Crippen molar-refractivity contribution in [3.63, 3.8) is 0 Å². The summed E-state index contributed by atoms with van der Waals surface area (Å²) in [5.74, 6) is 1.88. The van der Waals surface area contributed by atoms with Crippen LogP contribution in [0.25, 0.3) is 0 Å². The Hall–Kier alpha value is -2.49. The number of rotatable bonds is 5. The van der Waals surface area contributed by atoms with Crippen LogP contribution in [0.2, 0.25) is 0 Å². The Morgan fingerprint density at radius 1 is 1.16 bits per heavy atom. The average Bonchev–Trinajstić information content (AvgIpc) is 2.63. The minimum absolute atomic E-state index is 0.0878. The Morgan fingerprint density at radius 3 is 2.56 bits per heavy atom. The normalized spacial score (nSPS) is 16.3. The SMILES string of the molecule is CCOc1ccc(CC(=O)N2CCc3cc(OC)ccc3C2C)cc1. The predicted octanol–water partition coefficient (Wildman–Crippen LogP) is 3.78. The monoisotopic (exact) mass is 339 g/mol. The molecule has 1 heterocycles. The Kier molecular flexibility index (Phi) is 5.27. The van der Waals surface area contributed by atoms with Crippen LogP contribution in [-0.2, 0) is 17.6 Å². The first-order valence-corrected chi connectivity index (χ1v) is 8.80. The van der Waals surface area contributed by atoms with E-state index in [4.69, 9.17) is 9.47 Å². The van der Waals surface area contributed by atoms with E-state index in [2.05, 4.69) is 19.1 Å². The Bertz CT molecular complexity index is 739. The Labute approximate surface area is 149 Å². The second-order valence-corrected chi connectivity index (χ2v) is 6.33. The van der Waals surface area contributed by atoms with Crippen LogP contribution in [0.4, 0.5) is 0 Å². The third-order valence-corrected chi connectivity index (χ3v) is 4.80. The lowest BCUT2D eigenvalue weighted by molar-refractivity contribution is -0.133. The van der Waals surface area contributed by atoms with E-state index in [9.17, 15) is 4.79 Å². The molecule has 1 unspecified atom stereocenters. The van der Waals surface area contributed by atoms with Gasteiger partial charge in [-0.1, -0.05) is 18.2 Å². The summed E-state index contributed by atoms with van der Waals surface area (Å²) in [4.78, 5) is 14.8. The summed E-state index contributed by atoms with van der Waals surface area (Å²) in [5, 5.41) is 0. The van der Waals surface area contributed by atoms with E-state index in [1.54, 1.807) is 7.11 Å². The maximum Gasteiger partial charge on any atom is 0.227 e. The maximum absolute atomic E-state index is 12.8. The molecule has 0 aliphatic carbocycles. The molecule has 0 fully saturated rings. The summed E-state index contributed by atoms with van der Waals surface area (Å²) in [7, 11) is 1.68. The number of carbonyl (C=O) groups is 1. The van der Waals surface area contributed by atoms with Crippen molar-refractivity contribution >= 4 is 5.91 Å². The van der Waals surface area contributed by atoms with Crippen molar-refractivity contribution in [3.05, 3.63) is 59.2 Å². The molecule has 1 amide bonds. The second-order valence-electron chi connectivity index (χ2n) is 6.33. The lowest BCUT2D eigenvalue weighted by Gasteiger charge is -2.35. The van der Waals surface area contributed by atoms with Crippen LogP contribution in [0.15, 0.2) is 42.5 Å². The van der Waals surface area contributed by atoms with E-state index >= 15 is 0 Å². The number of amides is 1. The average molecular weight is 339 g/mol. The molecule has 132 valence electrons. The molecule has 0 spiro atoms. The van der Waals surface area contributed by atoms with E-state index in [1.807, 2.05) is 42.2 Å². The largest absolute Gasteiger partial charge is 0.497 e. The van der Waals surface area contributed by atoms with Gasteiger partial charge in [-0.15, -0.1) is 0 Å². The first kappa shape index (κ1) is 17.3. The fourth-order valence-electron chi connectivity index (χ4n) is 3.42. The fraction of sp³-hybridized carbons (Fsp3) is 0.381. The Balaban J connectivity index is 1.70. The zero-order valence-corrected chi connectivity index (χ0v) is 15.1. The van der Waals surface area contributed by atoms with Gasteiger partial charge in [-0.05, 0) is 61.2 Å². The maximum atomic E-state index is 12.8. The van der Waals surface area contributed by atoms with E-state index in [0.717, 1.165) is 30.0 Å². The number of benzene rings is 2. The number of methoxy groups -OCH3 is 1. The highest BCUT2D eigenvalue weighted by molar-refractivity contribution is 5.79. The van der Waals surface area contributed by atoms with Crippen molar-refractivity contribution in [1.29, 1.82) is 0 Å². The van der Waals surface area contributed by atoms with Crippen LogP contribution >= 0.6 is 0 Å². The van der Waals surface area contributed by atoms with Crippen molar-refractivity contribution in [2.75, 3.05) is 20.3 Å². The summed E-state index contributed by atoms with van der Waals surface area (Å²) in [6.45, 7) is 5.45. The summed E-state index contributed by atoms with van der Waals surface area (Å²) < 4.78 is 10.8. The van der Waals surface area contributed by atoms with Gasteiger partial charge >= 0.3 is 0 Å². The molecule has 1 aliphatic heterocycles. The molecule has 0 N–H and O–H groups in total. The number of fused-ring (bicyclic) bond motifs is 1. The van der Waals surface area contributed by atoms with Crippen molar-refractivity contribution in [2.45, 2.75) is 32.7 Å². The van der Waals surface area contributed by atoms with Gasteiger partial charge in [-0.2, -0.15) is 0 Å². The van der Waals surface area contributed by atoms with E-state index in [1.165, 1.54) is 11.1 Å². The Morgan fingerprint density at radius 2 is 1.88 bits per heavy atom. The number of hydrogen-bond acceptors (Lipinski definition) is 3. The third kappa shape index (κ3) is 3.78. The second kappa shape index (κ2) is 7.60. The van der Waals surface area contributed by atoms with Gasteiger partial charge < -0.3 is 14.4 Å². The van der Waals surface area contributed by atoms with Crippen molar-refractivity contribution < 1.29 is 14.3 Å². The van der Waals surface area contributed by atoms with Crippen LogP contribution in [0, 0.1) is 0 Å². The summed E-state index contributed by atoms with van der Waals surface area (Å²) in [5.41, 5.74) is 3.50. The lowest BCUT2D eigenvalue weighted by Crippen LogP contribution is -2.39. The van der Waals surface area contributed by atoms with Gasteiger partial charge in [-0.3, -0.25) is 4.79 Å². The minimum Gasteiger partial charge on any atom is -0.497 e. The number of nitrogens with zero attached hydrogens (tertiary/aromatic N) is 1. The van der Waals surface area contributed by atoms with E-state index in [-0.39, 0.29) is 11.9 Å². The molecule has 1 aliphatic rings. The summed E-state index contributed by atoms with van der Waals surface area (Å²) in [6.07, 6.45) is 1.29.